The van der Waals surface area contributed by atoms with Crippen molar-refractivity contribution in [3.8, 4) is 5.75 Å². The lowest BCUT2D eigenvalue weighted by Gasteiger charge is -1.99. The number of nitro groups is 2. The predicted octanol–water partition coefficient (Wildman–Crippen LogP) is 0.953. The maximum atomic E-state index is 10.3. The summed E-state index contributed by atoms with van der Waals surface area (Å²) in [5.41, 5.74) is 3.42. The first-order valence-electron chi connectivity index (χ1n) is 3.34. The molecule has 0 aliphatic heterocycles. The van der Waals surface area contributed by atoms with Gasteiger partial charge in [-0.15, -0.1) is 0 Å². The van der Waals surface area contributed by atoms with Crippen molar-refractivity contribution in [3.05, 3.63) is 32.4 Å². The number of hydrogen-bond donors (Lipinski definition) is 3. The Kier molecular flexibility index (Phi) is 3.52. The van der Waals surface area contributed by atoms with E-state index in [2.05, 4.69) is 0 Å². The molecule has 0 spiro atoms. The van der Waals surface area contributed by atoms with Gasteiger partial charge in [-0.05, 0) is 0 Å². The van der Waals surface area contributed by atoms with Crippen LogP contribution in [0.4, 0.5) is 17.1 Å². The predicted molar refractivity (Wildman–Crippen MR) is 50.9 cm³/mol. The second-order valence-corrected chi connectivity index (χ2v) is 2.42. The Bertz CT molecular complexity index is 418. The van der Waals surface area contributed by atoms with Gasteiger partial charge in [0, 0.05) is 6.07 Å². The molecule has 9 nitrogen and oxygen atoms in total. The third-order valence-electron chi connectivity index (χ3n) is 1.51. The van der Waals surface area contributed by atoms with Gasteiger partial charge in [0.15, 0.2) is 0 Å². The molecular formula is C6H8N4O5. The molecule has 9 heteroatoms. The van der Waals surface area contributed by atoms with Crippen molar-refractivity contribution in [1.82, 2.24) is 6.15 Å². The molecule has 0 saturated heterocycles. The first-order chi connectivity index (χ1) is 6.43. The van der Waals surface area contributed by atoms with Gasteiger partial charge in [-0.2, -0.15) is 0 Å². The Morgan fingerprint density at radius 2 is 1.73 bits per heavy atom. The number of hydrogen-bond acceptors (Lipinski definition) is 7. The van der Waals surface area contributed by atoms with Gasteiger partial charge in [0.25, 0.3) is 5.69 Å². The van der Waals surface area contributed by atoms with E-state index in [1.807, 2.05) is 0 Å². The average molecular weight is 216 g/mol. The summed E-state index contributed by atoms with van der Waals surface area (Å²) in [5.74, 6) is -0.763. The Balaban J connectivity index is 0.00000196. The second kappa shape index (κ2) is 4.19. The fraction of sp³-hybridized carbons (Fsp3) is 0. The molecule has 0 unspecified atom stereocenters. The van der Waals surface area contributed by atoms with E-state index >= 15 is 0 Å². The number of non-ortho nitro benzene ring substituents is 1. The van der Waals surface area contributed by atoms with E-state index < -0.39 is 32.7 Å². The molecule has 0 aromatic heterocycles. The number of aromatic hydroxyl groups is 1. The molecule has 0 aliphatic carbocycles. The number of benzene rings is 1. The molecular weight excluding hydrogens is 208 g/mol. The molecule has 0 heterocycles. The highest BCUT2D eigenvalue weighted by Crippen LogP contribution is 2.35. The smallest absolute Gasteiger partial charge is 0.319 e. The lowest BCUT2D eigenvalue weighted by molar-refractivity contribution is -0.394. The van der Waals surface area contributed by atoms with Crippen LogP contribution in [0.15, 0.2) is 12.1 Å². The van der Waals surface area contributed by atoms with Crippen molar-refractivity contribution in [2.75, 3.05) is 5.73 Å². The van der Waals surface area contributed by atoms with Gasteiger partial charge in [-0.3, -0.25) is 20.2 Å². The van der Waals surface area contributed by atoms with Crippen molar-refractivity contribution in [2.24, 2.45) is 0 Å². The summed E-state index contributed by atoms with van der Waals surface area (Å²) in [6.07, 6.45) is 0. The first kappa shape index (κ1) is 12.6. The number of phenols is 1. The van der Waals surface area contributed by atoms with Crippen molar-refractivity contribution in [2.45, 2.75) is 0 Å². The topological polar surface area (TPSA) is 168 Å². The van der Waals surface area contributed by atoms with Gasteiger partial charge in [0.1, 0.15) is 0 Å². The van der Waals surface area contributed by atoms with Gasteiger partial charge in [-0.25, -0.2) is 0 Å². The number of nitro benzene ring substituents is 2. The maximum Gasteiger partial charge on any atom is 0.319 e. The van der Waals surface area contributed by atoms with Crippen LogP contribution in [-0.2, 0) is 0 Å². The maximum absolute atomic E-state index is 10.3. The summed E-state index contributed by atoms with van der Waals surface area (Å²) in [6.45, 7) is 0. The molecule has 0 bridgehead atoms. The molecule has 0 saturated carbocycles. The van der Waals surface area contributed by atoms with Gasteiger partial charge in [0.2, 0.25) is 5.75 Å². The third-order valence-corrected chi connectivity index (χ3v) is 1.51. The van der Waals surface area contributed by atoms with E-state index in [0.717, 1.165) is 6.07 Å². The number of anilines is 1. The number of phenolic OH excluding ortho intramolecular Hbond substituents is 1. The van der Waals surface area contributed by atoms with E-state index in [1.165, 1.54) is 0 Å². The average Bonchev–Trinajstić information content (AvgIpc) is 2.08. The number of nitrogens with zero attached hydrogens (tertiary/aromatic N) is 2. The fourth-order valence-corrected chi connectivity index (χ4v) is 0.870. The monoisotopic (exact) mass is 216 g/mol. The molecule has 1 aromatic carbocycles. The summed E-state index contributed by atoms with van der Waals surface area (Å²) >= 11 is 0. The number of rotatable bonds is 2. The minimum atomic E-state index is -0.946. The van der Waals surface area contributed by atoms with Crippen molar-refractivity contribution < 1.29 is 15.0 Å². The number of nitrogen functional groups attached to an aromatic ring is 1. The minimum absolute atomic E-state index is 0. The summed E-state index contributed by atoms with van der Waals surface area (Å²) in [5, 5.41) is 29.7. The van der Waals surface area contributed by atoms with Gasteiger partial charge in [-0.1, -0.05) is 0 Å². The highest BCUT2D eigenvalue weighted by Gasteiger charge is 2.22. The van der Waals surface area contributed by atoms with Crippen molar-refractivity contribution in [3.63, 3.8) is 0 Å². The Hall–Kier alpha value is -2.42. The SMILES string of the molecule is N.Nc1cc([N+](=O)[O-])cc([N+](=O)[O-])c1O. The van der Waals surface area contributed by atoms with E-state index in [1.54, 1.807) is 0 Å². The van der Waals surface area contributed by atoms with Crippen molar-refractivity contribution >= 4 is 17.1 Å². The normalized spacial score (nSPS) is 9.07. The lowest BCUT2D eigenvalue weighted by atomic mass is 10.2. The molecule has 82 valence electrons. The lowest BCUT2D eigenvalue weighted by Crippen LogP contribution is -1.96. The van der Waals surface area contributed by atoms with Crippen LogP contribution in [-0.4, -0.2) is 15.0 Å². The molecule has 0 atom stereocenters. The molecule has 15 heavy (non-hydrogen) atoms. The third kappa shape index (κ3) is 2.28. The zero-order valence-electron chi connectivity index (χ0n) is 7.41. The first-order valence-corrected chi connectivity index (χ1v) is 3.34. The molecule has 0 amide bonds. The van der Waals surface area contributed by atoms with Gasteiger partial charge < -0.3 is 17.0 Å². The van der Waals surface area contributed by atoms with Gasteiger partial charge >= 0.3 is 5.69 Å². The van der Waals surface area contributed by atoms with Crippen LogP contribution >= 0.6 is 0 Å². The van der Waals surface area contributed by atoms with Crippen LogP contribution in [0, 0.1) is 20.2 Å². The minimum Gasteiger partial charge on any atom is -0.501 e. The van der Waals surface area contributed by atoms with Crippen LogP contribution in [0.2, 0.25) is 0 Å². The van der Waals surface area contributed by atoms with E-state index in [9.17, 15) is 20.2 Å². The fourth-order valence-electron chi connectivity index (χ4n) is 0.870. The highest BCUT2D eigenvalue weighted by atomic mass is 16.6. The molecule has 1 rings (SSSR count). The Labute approximate surface area is 83.0 Å². The summed E-state index contributed by atoms with van der Waals surface area (Å²) in [6, 6.07) is 1.49. The number of nitrogens with two attached hydrogens (primary N) is 1. The van der Waals surface area contributed by atoms with Crippen LogP contribution in [0.1, 0.15) is 0 Å². The zero-order valence-corrected chi connectivity index (χ0v) is 7.41. The quantitative estimate of drug-likeness (QED) is 0.286. The van der Waals surface area contributed by atoms with Gasteiger partial charge in [0.05, 0.1) is 21.6 Å². The highest BCUT2D eigenvalue weighted by molar-refractivity contribution is 5.67. The molecule has 0 radical (unpaired) electrons. The molecule has 1 aromatic rings. The molecule has 0 aliphatic rings. The summed E-state index contributed by atoms with van der Waals surface area (Å²) in [7, 11) is 0. The summed E-state index contributed by atoms with van der Waals surface area (Å²) < 4.78 is 0. The zero-order chi connectivity index (χ0) is 10.9. The van der Waals surface area contributed by atoms with Crippen LogP contribution in [0.3, 0.4) is 0 Å². The molecule has 6 N–H and O–H groups in total. The van der Waals surface area contributed by atoms with Crippen LogP contribution in [0.5, 0.6) is 5.75 Å². The largest absolute Gasteiger partial charge is 0.501 e. The Morgan fingerprint density at radius 1 is 1.20 bits per heavy atom. The molecule has 0 fully saturated rings. The van der Waals surface area contributed by atoms with E-state index in [4.69, 9.17) is 10.8 Å². The second-order valence-electron chi connectivity index (χ2n) is 2.42. The van der Waals surface area contributed by atoms with E-state index in [-0.39, 0.29) is 6.15 Å². The standard InChI is InChI=1S/C6H5N3O5.H3N/c7-4-1-3(8(11)12)2-5(6(4)10)9(13)14;/h1-2,10H,7H2;1H3. The van der Waals surface area contributed by atoms with E-state index in [0.29, 0.717) is 6.07 Å². The van der Waals surface area contributed by atoms with Crippen molar-refractivity contribution in [1.29, 1.82) is 0 Å². The summed E-state index contributed by atoms with van der Waals surface area (Å²) in [4.78, 5) is 18.8. The Morgan fingerprint density at radius 3 is 2.13 bits per heavy atom. The van der Waals surface area contributed by atoms with Crippen LogP contribution in [0.25, 0.3) is 0 Å². The van der Waals surface area contributed by atoms with Crippen LogP contribution < -0.4 is 11.9 Å².